The molecule has 13 heavy (non-hydrogen) atoms. The van der Waals surface area contributed by atoms with Gasteiger partial charge in [-0.3, -0.25) is 0 Å². The van der Waals surface area contributed by atoms with Crippen LogP contribution in [0.4, 0.5) is 0 Å². The average Bonchev–Trinajstić information content (AvgIpc) is 2.45. The smallest absolute Gasteiger partial charge is 0.196 e. The molecule has 2 aromatic heterocycles. The van der Waals surface area contributed by atoms with E-state index in [1.807, 2.05) is 0 Å². The lowest BCUT2D eigenvalue weighted by Crippen LogP contribution is -2.17. The van der Waals surface area contributed by atoms with Crippen molar-refractivity contribution >= 4 is 5.65 Å². The molecule has 0 saturated carbocycles. The van der Waals surface area contributed by atoms with E-state index in [4.69, 9.17) is 0 Å². The molecule has 0 aliphatic carbocycles. The summed E-state index contributed by atoms with van der Waals surface area (Å²) in [4.78, 5) is 3.87. The number of hydrogen-bond acceptors (Lipinski definition) is 4. The van der Waals surface area contributed by atoms with E-state index in [2.05, 4.69) is 41.1 Å². The minimum atomic E-state index is -0.0478. The predicted octanol–water partition coefficient (Wildman–Crippen LogP) is 0.817. The fraction of sp³-hybridized carbons (Fsp3) is 0.500. The van der Waals surface area contributed by atoms with Crippen LogP contribution in [0.5, 0.6) is 0 Å². The summed E-state index contributed by atoms with van der Waals surface area (Å²) in [6, 6.07) is 0. The van der Waals surface area contributed by atoms with Crippen LogP contribution >= 0.6 is 0 Å². The molecule has 0 aromatic carbocycles. The number of rotatable bonds is 0. The summed E-state index contributed by atoms with van der Waals surface area (Å²) >= 11 is 0. The molecular formula is C8H11N5. The molecule has 0 fully saturated rings. The minimum Gasteiger partial charge on any atom is -0.239 e. The first kappa shape index (κ1) is 8.10. The lowest BCUT2D eigenvalue weighted by atomic mass is 9.96. The molecule has 0 saturated heterocycles. The van der Waals surface area contributed by atoms with Crippen LogP contribution in [0, 0.1) is 0 Å². The Morgan fingerprint density at radius 3 is 2.69 bits per heavy atom. The standard InChI is InChI=1S/C8H11N5/c1-8(2,3)7-12-11-6-4-9-5-10-13(6)7/h4-5H,1-3H3. The second kappa shape index (κ2) is 2.48. The lowest BCUT2D eigenvalue weighted by molar-refractivity contribution is 0.526. The lowest BCUT2D eigenvalue weighted by Gasteiger charge is -2.14. The highest BCUT2D eigenvalue weighted by Crippen LogP contribution is 2.19. The van der Waals surface area contributed by atoms with Gasteiger partial charge in [0.15, 0.2) is 11.5 Å². The summed E-state index contributed by atoms with van der Waals surface area (Å²) in [5.74, 6) is 0.852. The molecule has 0 amide bonds. The maximum atomic E-state index is 4.09. The highest BCUT2D eigenvalue weighted by atomic mass is 15.4. The van der Waals surface area contributed by atoms with Crippen molar-refractivity contribution in [3.05, 3.63) is 18.3 Å². The number of nitrogens with zero attached hydrogens (tertiary/aromatic N) is 5. The van der Waals surface area contributed by atoms with E-state index in [9.17, 15) is 0 Å². The van der Waals surface area contributed by atoms with Crippen molar-refractivity contribution in [3.63, 3.8) is 0 Å². The van der Waals surface area contributed by atoms with Gasteiger partial charge >= 0.3 is 0 Å². The largest absolute Gasteiger partial charge is 0.239 e. The van der Waals surface area contributed by atoms with Crippen molar-refractivity contribution in [1.29, 1.82) is 0 Å². The van der Waals surface area contributed by atoms with E-state index in [-0.39, 0.29) is 5.41 Å². The van der Waals surface area contributed by atoms with Crippen LogP contribution in [0.2, 0.25) is 0 Å². The van der Waals surface area contributed by atoms with Crippen LogP contribution in [0.15, 0.2) is 12.5 Å². The zero-order chi connectivity index (χ0) is 9.47. The molecule has 0 radical (unpaired) electrons. The normalized spacial score (nSPS) is 12.2. The monoisotopic (exact) mass is 177 g/mol. The molecule has 0 N–H and O–H groups in total. The van der Waals surface area contributed by atoms with E-state index in [1.165, 1.54) is 6.33 Å². The van der Waals surface area contributed by atoms with Crippen molar-refractivity contribution < 1.29 is 0 Å². The fourth-order valence-corrected chi connectivity index (χ4v) is 1.14. The molecule has 0 atom stereocenters. The van der Waals surface area contributed by atoms with E-state index < -0.39 is 0 Å². The molecule has 5 heteroatoms. The SMILES string of the molecule is CC(C)(C)c1nnc2cncnn12. The van der Waals surface area contributed by atoms with Crippen LogP contribution in [-0.2, 0) is 5.41 Å². The second-order valence-corrected chi connectivity index (χ2v) is 3.95. The van der Waals surface area contributed by atoms with Gasteiger partial charge in [-0.1, -0.05) is 20.8 Å². The summed E-state index contributed by atoms with van der Waals surface area (Å²) in [6.07, 6.45) is 3.14. The topological polar surface area (TPSA) is 56.0 Å². The third-order valence-corrected chi connectivity index (χ3v) is 1.76. The van der Waals surface area contributed by atoms with Gasteiger partial charge in [-0.05, 0) is 0 Å². The van der Waals surface area contributed by atoms with E-state index in [0.717, 1.165) is 5.82 Å². The molecule has 0 unspecified atom stereocenters. The van der Waals surface area contributed by atoms with Gasteiger partial charge in [-0.25, -0.2) is 4.98 Å². The second-order valence-electron chi connectivity index (χ2n) is 3.95. The Balaban J connectivity index is 2.72. The van der Waals surface area contributed by atoms with Gasteiger partial charge in [0, 0.05) is 5.41 Å². The van der Waals surface area contributed by atoms with Gasteiger partial charge in [0.2, 0.25) is 0 Å². The molecule has 0 spiro atoms. The van der Waals surface area contributed by atoms with Crippen LogP contribution in [0.25, 0.3) is 5.65 Å². The molecule has 2 rings (SSSR count). The maximum Gasteiger partial charge on any atom is 0.196 e. The molecule has 2 heterocycles. The van der Waals surface area contributed by atoms with E-state index in [1.54, 1.807) is 10.7 Å². The summed E-state index contributed by atoms with van der Waals surface area (Å²) in [7, 11) is 0. The van der Waals surface area contributed by atoms with Gasteiger partial charge < -0.3 is 0 Å². The Morgan fingerprint density at radius 2 is 2.00 bits per heavy atom. The zero-order valence-corrected chi connectivity index (χ0v) is 7.89. The summed E-state index contributed by atoms with van der Waals surface area (Å²) in [5, 5.41) is 12.1. The third-order valence-electron chi connectivity index (χ3n) is 1.76. The van der Waals surface area contributed by atoms with Crippen LogP contribution in [-0.4, -0.2) is 24.8 Å². The highest BCUT2D eigenvalue weighted by Gasteiger charge is 2.21. The molecule has 0 bridgehead atoms. The van der Waals surface area contributed by atoms with Gasteiger partial charge in [-0.2, -0.15) is 9.61 Å². The van der Waals surface area contributed by atoms with Crippen molar-refractivity contribution in [1.82, 2.24) is 24.8 Å². The third kappa shape index (κ3) is 1.26. The number of fused-ring (bicyclic) bond motifs is 1. The van der Waals surface area contributed by atoms with Crippen molar-refractivity contribution in [2.45, 2.75) is 26.2 Å². The molecule has 0 aliphatic heterocycles. The van der Waals surface area contributed by atoms with Crippen molar-refractivity contribution in [2.24, 2.45) is 0 Å². The van der Waals surface area contributed by atoms with Crippen LogP contribution < -0.4 is 0 Å². The first-order valence-electron chi connectivity index (χ1n) is 4.11. The number of hydrogen-bond donors (Lipinski definition) is 0. The number of aromatic nitrogens is 5. The van der Waals surface area contributed by atoms with Crippen molar-refractivity contribution in [3.8, 4) is 0 Å². The first-order valence-corrected chi connectivity index (χ1v) is 4.11. The summed E-state index contributed by atoms with van der Waals surface area (Å²) in [6.45, 7) is 6.22. The van der Waals surface area contributed by atoms with Crippen LogP contribution in [0.3, 0.4) is 0 Å². The summed E-state index contributed by atoms with van der Waals surface area (Å²) in [5.41, 5.74) is 0.640. The minimum absolute atomic E-state index is 0.0478. The quantitative estimate of drug-likeness (QED) is 0.597. The molecule has 2 aromatic rings. The van der Waals surface area contributed by atoms with Gasteiger partial charge in [0.25, 0.3) is 0 Å². The molecule has 0 aliphatic rings. The zero-order valence-electron chi connectivity index (χ0n) is 7.89. The Bertz CT molecular complexity index is 425. The highest BCUT2D eigenvalue weighted by molar-refractivity contribution is 5.32. The Hall–Kier alpha value is -1.52. The molecular weight excluding hydrogens is 166 g/mol. The van der Waals surface area contributed by atoms with Crippen LogP contribution in [0.1, 0.15) is 26.6 Å². The van der Waals surface area contributed by atoms with Gasteiger partial charge in [0.05, 0.1) is 6.20 Å². The predicted molar refractivity (Wildman–Crippen MR) is 47.3 cm³/mol. The molecule has 68 valence electrons. The average molecular weight is 177 g/mol. The van der Waals surface area contributed by atoms with Gasteiger partial charge in [-0.15, -0.1) is 10.2 Å². The Morgan fingerprint density at radius 1 is 1.23 bits per heavy atom. The Labute approximate surface area is 75.8 Å². The summed E-state index contributed by atoms with van der Waals surface area (Å²) < 4.78 is 1.72. The van der Waals surface area contributed by atoms with E-state index in [0.29, 0.717) is 5.65 Å². The Kier molecular flexibility index (Phi) is 1.55. The fourth-order valence-electron chi connectivity index (χ4n) is 1.14. The van der Waals surface area contributed by atoms with Gasteiger partial charge in [0.1, 0.15) is 6.33 Å². The van der Waals surface area contributed by atoms with E-state index >= 15 is 0 Å². The van der Waals surface area contributed by atoms with Crippen molar-refractivity contribution in [2.75, 3.05) is 0 Å². The maximum absolute atomic E-state index is 4.09. The molecule has 5 nitrogen and oxygen atoms in total. The first-order chi connectivity index (χ1) is 6.09.